The van der Waals surface area contributed by atoms with Crippen LogP contribution >= 0.6 is 11.6 Å². The number of urea groups is 1. The number of amides is 3. The first-order valence-electron chi connectivity index (χ1n) is 7.28. The van der Waals surface area contributed by atoms with E-state index < -0.39 is 6.03 Å². The molecule has 0 aliphatic rings. The molecule has 0 unspecified atom stereocenters. The summed E-state index contributed by atoms with van der Waals surface area (Å²) in [4.78, 5) is 22.6. The highest BCUT2D eigenvalue weighted by molar-refractivity contribution is 6.31. The maximum absolute atomic E-state index is 11.8. The molecule has 0 fully saturated rings. The Bertz CT molecular complexity index is 722. The van der Waals surface area contributed by atoms with Crippen molar-refractivity contribution in [2.24, 2.45) is 5.73 Å². The molecule has 0 aliphatic heterocycles. The number of carbonyl (C=O) groups excluding carboxylic acids is 2. The van der Waals surface area contributed by atoms with Gasteiger partial charge in [-0.25, -0.2) is 4.79 Å². The average molecular weight is 348 g/mol. The number of hydrogen-bond donors (Lipinski definition) is 3. The van der Waals surface area contributed by atoms with Gasteiger partial charge in [0.2, 0.25) is 5.91 Å². The van der Waals surface area contributed by atoms with Crippen molar-refractivity contribution in [1.82, 2.24) is 5.32 Å². The van der Waals surface area contributed by atoms with E-state index in [1.807, 2.05) is 24.3 Å². The summed E-state index contributed by atoms with van der Waals surface area (Å²) in [7, 11) is 0. The summed E-state index contributed by atoms with van der Waals surface area (Å²) in [6.07, 6.45) is 0. The van der Waals surface area contributed by atoms with Gasteiger partial charge in [0.05, 0.1) is 6.61 Å². The predicted molar refractivity (Wildman–Crippen MR) is 92.6 cm³/mol. The summed E-state index contributed by atoms with van der Waals surface area (Å²) >= 11 is 6.01. The zero-order chi connectivity index (χ0) is 17.4. The lowest BCUT2D eigenvalue weighted by atomic mass is 10.2. The van der Waals surface area contributed by atoms with E-state index in [1.54, 1.807) is 24.3 Å². The number of halogens is 1. The normalized spacial score (nSPS) is 10.2. The van der Waals surface area contributed by atoms with Gasteiger partial charge in [-0.2, -0.15) is 0 Å². The highest BCUT2D eigenvalue weighted by Gasteiger charge is 2.05. The van der Waals surface area contributed by atoms with Crippen LogP contribution in [0.1, 0.15) is 11.1 Å². The van der Waals surface area contributed by atoms with E-state index in [0.717, 1.165) is 11.1 Å². The molecule has 0 saturated heterocycles. The molecule has 2 aromatic carbocycles. The Morgan fingerprint density at radius 3 is 2.67 bits per heavy atom. The van der Waals surface area contributed by atoms with E-state index in [2.05, 4.69) is 10.6 Å². The summed E-state index contributed by atoms with van der Waals surface area (Å²) in [5, 5.41) is 5.83. The molecule has 2 rings (SSSR count). The van der Waals surface area contributed by atoms with E-state index >= 15 is 0 Å². The Morgan fingerprint density at radius 2 is 1.92 bits per heavy atom. The van der Waals surface area contributed by atoms with Gasteiger partial charge in [0, 0.05) is 17.3 Å². The topological polar surface area (TPSA) is 93.5 Å². The van der Waals surface area contributed by atoms with Crippen molar-refractivity contribution < 1.29 is 14.3 Å². The van der Waals surface area contributed by atoms with E-state index in [1.165, 1.54) is 0 Å². The number of hydrogen-bond acceptors (Lipinski definition) is 3. The summed E-state index contributed by atoms with van der Waals surface area (Å²) in [5.41, 5.74) is 7.30. The van der Waals surface area contributed by atoms with Crippen molar-refractivity contribution >= 4 is 29.2 Å². The molecule has 0 aromatic heterocycles. The fourth-order valence-electron chi connectivity index (χ4n) is 2.02. The third-order valence-corrected chi connectivity index (χ3v) is 3.50. The predicted octanol–water partition coefficient (Wildman–Crippen LogP) is 2.66. The average Bonchev–Trinajstić information content (AvgIpc) is 2.54. The van der Waals surface area contributed by atoms with Crippen molar-refractivity contribution in [2.75, 3.05) is 11.9 Å². The van der Waals surface area contributed by atoms with Crippen molar-refractivity contribution in [3.8, 4) is 0 Å². The fraction of sp³-hybridized carbons (Fsp3) is 0.176. The largest absolute Gasteiger partial charge is 0.367 e. The molecule has 6 nitrogen and oxygen atoms in total. The van der Waals surface area contributed by atoms with Crippen LogP contribution in [0.3, 0.4) is 0 Å². The molecule has 7 heteroatoms. The quantitative estimate of drug-likeness (QED) is 0.718. The van der Waals surface area contributed by atoms with Gasteiger partial charge in [0.25, 0.3) is 0 Å². The van der Waals surface area contributed by atoms with Crippen LogP contribution in [-0.4, -0.2) is 18.5 Å². The van der Waals surface area contributed by atoms with Crippen molar-refractivity contribution in [3.63, 3.8) is 0 Å². The van der Waals surface area contributed by atoms with Gasteiger partial charge >= 0.3 is 6.03 Å². The summed E-state index contributed by atoms with van der Waals surface area (Å²) in [5.74, 6) is -0.240. The maximum atomic E-state index is 11.8. The second-order valence-electron chi connectivity index (χ2n) is 5.05. The van der Waals surface area contributed by atoms with Crippen LogP contribution in [0.4, 0.5) is 10.5 Å². The zero-order valence-corrected chi connectivity index (χ0v) is 13.7. The Hall–Kier alpha value is -2.57. The number of primary amides is 1. The van der Waals surface area contributed by atoms with Gasteiger partial charge in [-0.05, 0) is 29.3 Å². The van der Waals surface area contributed by atoms with Crippen LogP contribution in [0.2, 0.25) is 5.02 Å². The van der Waals surface area contributed by atoms with Gasteiger partial charge in [-0.15, -0.1) is 0 Å². The van der Waals surface area contributed by atoms with E-state index in [0.29, 0.717) is 17.3 Å². The SMILES string of the molecule is NC(=O)Nc1cccc(CNC(=O)COCc2ccccc2Cl)c1. The minimum absolute atomic E-state index is 0.0650. The van der Waals surface area contributed by atoms with Gasteiger partial charge in [-0.3, -0.25) is 4.79 Å². The smallest absolute Gasteiger partial charge is 0.316 e. The van der Waals surface area contributed by atoms with Gasteiger partial charge < -0.3 is 21.1 Å². The minimum atomic E-state index is -0.635. The molecule has 0 aliphatic carbocycles. The lowest BCUT2D eigenvalue weighted by Gasteiger charge is -2.09. The van der Waals surface area contributed by atoms with E-state index in [4.69, 9.17) is 22.1 Å². The molecule has 0 saturated carbocycles. The molecule has 4 N–H and O–H groups in total. The summed E-state index contributed by atoms with van der Waals surface area (Å²) < 4.78 is 5.36. The molecule has 126 valence electrons. The first-order valence-corrected chi connectivity index (χ1v) is 7.65. The van der Waals surface area contributed by atoms with Gasteiger partial charge in [0.15, 0.2) is 0 Å². The van der Waals surface area contributed by atoms with Crippen molar-refractivity contribution in [2.45, 2.75) is 13.2 Å². The molecule has 3 amide bonds. The molecule has 2 aromatic rings. The number of benzene rings is 2. The Kier molecular flexibility index (Phi) is 6.60. The molecule has 0 spiro atoms. The lowest BCUT2D eigenvalue weighted by Crippen LogP contribution is -2.27. The van der Waals surface area contributed by atoms with Crippen LogP contribution < -0.4 is 16.4 Å². The van der Waals surface area contributed by atoms with Crippen LogP contribution in [0.25, 0.3) is 0 Å². The lowest BCUT2D eigenvalue weighted by molar-refractivity contribution is -0.126. The van der Waals surface area contributed by atoms with Crippen LogP contribution in [0.15, 0.2) is 48.5 Å². The molecular weight excluding hydrogens is 330 g/mol. The number of carbonyl (C=O) groups is 2. The first kappa shape index (κ1) is 17.8. The molecule has 0 radical (unpaired) electrons. The van der Waals surface area contributed by atoms with E-state index in [-0.39, 0.29) is 19.1 Å². The third kappa shape index (κ3) is 5.91. The van der Waals surface area contributed by atoms with Crippen LogP contribution in [0.5, 0.6) is 0 Å². The Morgan fingerprint density at radius 1 is 1.12 bits per heavy atom. The summed E-state index contributed by atoms with van der Waals surface area (Å²) in [6.45, 7) is 0.526. The molecule has 0 atom stereocenters. The third-order valence-electron chi connectivity index (χ3n) is 3.13. The Labute approximate surface area is 144 Å². The van der Waals surface area contributed by atoms with Crippen LogP contribution in [0, 0.1) is 0 Å². The van der Waals surface area contributed by atoms with Crippen molar-refractivity contribution in [1.29, 1.82) is 0 Å². The number of ether oxygens (including phenoxy) is 1. The highest BCUT2D eigenvalue weighted by Crippen LogP contribution is 2.15. The highest BCUT2D eigenvalue weighted by atomic mass is 35.5. The second kappa shape index (κ2) is 8.90. The van der Waals surface area contributed by atoms with Crippen LogP contribution in [-0.2, 0) is 22.7 Å². The zero-order valence-electron chi connectivity index (χ0n) is 12.9. The molecule has 0 heterocycles. The Balaban J connectivity index is 1.75. The monoisotopic (exact) mass is 347 g/mol. The minimum Gasteiger partial charge on any atom is -0.367 e. The maximum Gasteiger partial charge on any atom is 0.316 e. The fourth-order valence-corrected chi connectivity index (χ4v) is 2.21. The number of nitrogens with two attached hydrogens (primary N) is 1. The molecule has 24 heavy (non-hydrogen) atoms. The number of anilines is 1. The standard InChI is InChI=1S/C17H18ClN3O3/c18-15-7-2-1-5-13(15)10-24-11-16(22)20-9-12-4-3-6-14(8-12)21-17(19)23/h1-8H,9-11H2,(H,20,22)(H3,19,21,23). The van der Waals surface area contributed by atoms with E-state index in [9.17, 15) is 9.59 Å². The molecular formula is C17H18ClN3O3. The molecule has 0 bridgehead atoms. The number of nitrogens with one attached hydrogen (secondary N) is 2. The van der Waals surface area contributed by atoms with Gasteiger partial charge in [0.1, 0.15) is 6.61 Å². The first-order chi connectivity index (χ1) is 11.5. The number of rotatable bonds is 7. The van der Waals surface area contributed by atoms with Crippen molar-refractivity contribution in [3.05, 3.63) is 64.7 Å². The van der Waals surface area contributed by atoms with Gasteiger partial charge in [-0.1, -0.05) is 41.9 Å². The second-order valence-corrected chi connectivity index (χ2v) is 5.46. The summed E-state index contributed by atoms with van der Waals surface area (Å²) in [6, 6.07) is 13.7.